The van der Waals surface area contributed by atoms with Crippen LogP contribution in [0.2, 0.25) is 0 Å². The molecule has 1 aromatic rings. The summed E-state index contributed by atoms with van der Waals surface area (Å²) >= 11 is 0. The van der Waals surface area contributed by atoms with Crippen molar-refractivity contribution in [3.05, 3.63) is 35.9 Å². The molecule has 7 nitrogen and oxygen atoms in total. The molecule has 0 aliphatic rings. The highest BCUT2D eigenvalue weighted by Crippen LogP contribution is 2.24. The van der Waals surface area contributed by atoms with Gasteiger partial charge in [0.15, 0.2) is 0 Å². The Bertz CT molecular complexity index is 776. The summed E-state index contributed by atoms with van der Waals surface area (Å²) in [6, 6.07) is 7.76. The second-order valence-corrected chi connectivity index (χ2v) is 10.3. The standard InChI is InChI=1S/C28H47N3O4/c1-8-10-11-12-16-20-31(26(33)22(4)30-27(34)35-28(5,6)7)24(23-18-14-13-15-19-23)25(32)29-21(3)17-9-2/h13-15,18-19,21-22,24H,8-12,16-17,20H2,1-7H3,(H,29,32)(H,30,34). The molecule has 0 radical (unpaired) electrons. The van der Waals surface area contributed by atoms with Crippen molar-refractivity contribution in [2.24, 2.45) is 0 Å². The normalized spacial score (nSPS) is 13.9. The maximum Gasteiger partial charge on any atom is 0.408 e. The topological polar surface area (TPSA) is 87.7 Å². The third kappa shape index (κ3) is 11.6. The van der Waals surface area contributed by atoms with E-state index in [0.717, 1.165) is 50.5 Å². The molecule has 7 heteroatoms. The average molecular weight is 490 g/mol. The zero-order valence-corrected chi connectivity index (χ0v) is 22.9. The van der Waals surface area contributed by atoms with Crippen LogP contribution in [0.1, 0.15) is 105 Å². The van der Waals surface area contributed by atoms with Crippen molar-refractivity contribution < 1.29 is 19.1 Å². The lowest BCUT2D eigenvalue weighted by Gasteiger charge is -2.34. The molecule has 2 N–H and O–H groups in total. The number of benzene rings is 1. The SMILES string of the molecule is CCCCCCCN(C(=O)C(C)NC(=O)OC(C)(C)C)C(C(=O)NC(C)CCC)c1ccccc1. The molecule has 0 spiro atoms. The van der Waals surface area contributed by atoms with E-state index in [9.17, 15) is 14.4 Å². The van der Waals surface area contributed by atoms with Crippen molar-refractivity contribution in [1.82, 2.24) is 15.5 Å². The molecule has 3 atom stereocenters. The first-order valence-electron chi connectivity index (χ1n) is 13.1. The molecule has 1 rings (SSSR count). The molecule has 0 saturated carbocycles. The maximum absolute atomic E-state index is 13.7. The fourth-order valence-corrected chi connectivity index (χ4v) is 3.98. The van der Waals surface area contributed by atoms with Crippen LogP contribution >= 0.6 is 0 Å². The van der Waals surface area contributed by atoms with E-state index in [1.807, 2.05) is 37.3 Å². The minimum absolute atomic E-state index is 0.00229. The largest absolute Gasteiger partial charge is 0.444 e. The van der Waals surface area contributed by atoms with Crippen LogP contribution in [0.5, 0.6) is 0 Å². The fraction of sp³-hybridized carbons (Fsp3) is 0.679. The smallest absolute Gasteiger partial charge is 0.408 e. The lowest BCUT2D eigenvalue weighted by atomic mass is 10.0. The van der Waals surface area contributed by atoms with E-state index in [2.05, 4.69) is 24.5 Å². The zero-order valence-electron chi connectivity index (χ0n) is 22.9. The van der Waals surface area contributed by atoms with E-state index < -0.39 is 23.8 Å². The van der Waals surface area contributed by atoms with Gasteiger partial charge in [-0.25, -0.2) is 4.79 Å². The van der Waals surface area contributed by atoms with Gasteiger partial charge >= 0.3 is 6.09 Å². The first kappa shape index (κ1) is 30.5. The monoisotopic (exact) mass is 489 g/mol. The second kappa shape index (κ2) is 15.4. The average Bonchev–Trinajstić information content (AvgIpc) is 2.77. The molecule has 0 aliphatic carbocycles. The van der Waals surface area contributed by atoms with Crippen LogP contribution in [0.4, 0.5) is 4.79 Å². The molecule has 0 heterocycles. The Morgan fingerprint density at radius 1 is 0.914 bits per heavy atom. The highest BCUT2D eigenvalue weighted by atomic mass is 16.6. The molecule has 0 aliphatic heterocycles. The van der Waals surface area contributed by atoms with Gasteiger partial charge in [0.2, 0.25) is 11.8 Å². The molecule has 35 heavy (non-hydrogen) atoms. The number of ether oxygens (including phenoxy) is 1. The number of hydrogen-bond acceptors (Lipinski definition) is 4. The van der Waals surface area contributed by atoms with Gasteiger partial charge in [0, 0.05) is 12.6 Å². The van der Waals surface area contributed by atoms with Crippen LogP contribution in [0.25, 0.3) is 0 Å². The second-order valence-electron chi connectivity index (χ2n) is 10.3. The molecule has 0 saturated heterocycles. The van der Waals surface area contributed by atoms with E-state index in [4.69, 9.17) is 4.74 Å². The van der Waals surface area contributed by atoms with Gasteiger partial charge in [-0.05, 0) is 53.0 Å². The number of unbranched alkanes of at least 4 members (excludes halogenated alkanes) is 4. The van der Waals surface area contributed by atoms with Crippen LogP contribution in [-0.2, 0) is 14.3 Å². The third-order valence-electron chi connectivity index (χ3n) is 5.67. The van der Waals surface area contributed by atoms with E-state index in [1.54, 1.807) is 32.6 Å². The van der Waals surface area contributed by atoms with E-state index in [1.165, 1.54) is 0 Å². The number of carbonyl (C=O) groups excluding carboxylic acids is 3. The summed E-state index contributed by atoms with van der Waals surface area (Å²) in [5, 5.41) is 5.74. The number of amides is 3. The van der Waals surface area contributed by atoms with Crippen LogP contribution in [0.15, 0.2) is 30.3 Å². The Labute approximate surface area is 212 Å². The summed E-state index contributed by atoms with van der Waals surface area (Å²) in [7, 11) is 0. The zero-order chi connectivity index (χ0) is 26.4. The highest BCUT2D eigenvalue weighted by molar-refractivity contribution is 5.92. The summed E-state index contributed by atoms with van der Waals surface area (Å²) in [6.45, 7) is 13.6. The molecule has 3 amide bonds. The van der Waals surface area contributed by atoms with Gasteiger partial charge in [0.25, 0.3) is 0 Å². The Balaban J connectivity index is 3.21. The molecule has 1 aromatic carbocycles. The van der Waals surface area contributed by atoms with E-state index in [-0.39, 0.29) is 17.9 Å². The van der Waals surface area contributed by atoms with Gasteiger partial charge in [0.1, 0.15) is 17.7 Å². The Morgan fingerprint density at radius 2 is 1.54 bits per heavy atom. The predicted octanol–water partition coefficient (Wildman–Crippen LogP) is 5.74. The van der Waals surface area contributed by atoms with E-state index in [0.29, 0.717) is 6.54 Å². The quantitative estimate of drug-likeness (QED) is 0.326. The van der Waals surface area contributed by atoms with Crippen LogP contribution in [-0.4, -0.2) is 47.0 Å². The number of hydrogen-bond donors (Lipinski definition) is 2. The van der Waals surface area contributed by atoms with Crippen molar-refractivity contribution >= 4 is 17.9 Å². The molecular weight excluding hydrogens is 442 g/mol. The molecular formula is C28H47N3O4. The molecule has 0 aromatic heterocycles. The fourth-order valence-electron chi connectivity index (χ4n) is 3.98. The molecule has 0 bridgehead atoms. The van der Waals surface area contributed by atoms with Gasteiger partial charge in [-0.3, -0.25) is 9.59 Å². The first-order chi connectivity index (χ1) is 16.5. The summed E-state index contributed by atoms with van der Waals surface area (Å²) in [5.74, 6) is -0.512. The highest BCUT2D eigenvalue weighted by Gasteiger charge is 2.34. The third-order valence-corrected chi connectivity index (χ3v) is 5.67. The summed E-state index contributed by atoms with van der Waals surface area (Å²) in [5.41, 5.74) is 0.0771. The van der Waals surface area contributed by atoms with Gasteiger partial charge < -0.3 is 20.3 Å². The molecule has 198 valence electrons. The lowest BCUT2D eigenvalue weighted by molar-refractivity contribution is -0.142. The van der Waals surface area contributed by atoms with Crippen LogP contribution in [0, 0.1) is 0 Å². The Morgan fingerprint density at radius 3 is 2.11 bits per heavy atom. The molecule has 3 unspecified atom stereocenters. The number of carbonyl (C=O) groups is 3. The van der Waals surface area contributed by atoms with Gasteiger partial charge in [0.05, 0.1) is 0 Å². The molecule has 0 fully saturated rings. The van der Waals surface area contributed by atoms with Crippen molar-refractivity contribution in [3.63, 3.8) is 0 Å². The van der Waals surface area contributed by atoms with Crippen molar-refractivity contribution in [2.75, 3.05) is 6.54 Å². The van der Waals surface area contributed by atoms with Gasteiger partial charge in [-0.2, -0.15) is 0 Å². The number of nitrogens with zero attached hydrogens (tertiary/aromatic N) is 1. The summed E-state index contributed by atoms with van der Waals surface area (Å²) in [6.07, 6.45) is 6.26. The number of rotatable bonds is 14. The van der Waals surface area contributed by atoms with Crippen molar-refractivity contribution in [2.45, 2.75) is 117 Å². The minimum Gasteiger partial charge on any atom is -0.444 e. The van der Waals surface area contributed by atoms with Crippen LogP contribution < -0.4 is 10.6 Å². The van der Waals surface area contributed by atoms with Gasteiger partial charge in [-0.15, -0.1) is 0 Å². The number of alkyl carbamates (subject to hydrolysis) is 1. The summed E-state index contributed by atoms with van der Waals surface area (Å²) < 4.78 is 5.34. The predicted molar refractivity (Wildman–Crippen MR) is 141 cm³/mol. The van der Waals surface area contributed by atoms with Crippen LogP contribution in [0.3, 0.4) is 0 Å². The maximum atomic E-state index is 13.7. The minimum atomic E-state index is -0.840. The van der Waals surface area contributed by atoms with Crippen molar-refractivity contribution in [1.29, 1.82) is 0 Å². The Hall–Kier alpha value is -2.57. The summed E-state index contributed by atoms with van der Waals surface area (Å²) in [4.78, 5) is 41.2. The number of nitrogens with one attached hydrogen (secondary N) is 2. The van der Waals surface area contributed by atoms with Gasteiger partial charge in [-0.1, -0.05) is 76.3 Å². The first-order valence-corrected chi connectivity index (χ1v) is 13.1. The van der Waals surface area contributed by atoms with E-state index >= 15 is 0 Å². The lowest BCUT2D eigenvalue weighted by Crippen LogP contribution is -2.52. The van der Waals surface area contributed by atoms with Crippen molar-refractivity contribution in [3.8, 4) is 0 Å². The Kier molecular flexibility index (Phi) is 13.4.